The topological polar surface area (TPSA) is 75.0 Å². The Morgan fingerprint density at radius 1 is 1.05 bits per heavy atom. The first-order valence-corrected chi connectivity index (χ1v) is 13.0. The van der Waals surface area contributed by atoms with E-state index in [4.69, 9.17) is 14.2 Å². The van der Waals surface area contributed by atoms with Crippen LogP contribution in [0.25, 0.3) is 5.65 Å². The molecule has 39 heavy (non-hydrogen) atoms. The minimum Gasteiger partial charge on any atom is -0.485 e. The number of carbonyl (C=O) groups excluding carboxylic acids is 1. The largest absolute Gasteiger partial charge is 0.485 e. The normalized spacial score (nSPS) is 23.7. The number of benzene rings is 1. The maximum atomic E-state index is 14.1. The van der Waals surface area contributed by atoms with Gasteiger partial charge >= 0.3 is 0 Å². The SMILES string of the molecule is Cc1nc2c(OCc3c(F)cccc3F)cccn2c1C(=O)CC1(c2ccccn2)C[C@@H]2OC(C)(C)O[C@@H]2C1. The van der Waals surface area contributed by atoms with E-state index in [2.05, 4.69) is 9.97 Å². The molecule has 7 nitrogen and oxygen atoms in total. The van der Waals surface area contributed by atoms with Gasteiger partial charge in [-0.3, -0.25) is 14.2 Å². The van der Waals surface area contributed by atoms with Crippen molar-refractivity contribution in [2.24, 2.45) is 0 Å². The van der Waals surface area contributed by atoms with E-state index in [9.17, 15) is 13.6 Å². The van der Waals surface area contributed by atoms with E-state index in [1.165, 1.54) is 18.2 Å². The van der Waals surface area contributed by atoms with Crippen LogP contribution in [0.3, 0.4) is 0 Å². The molecule has 2 fully saturated rings. The van der Waals surface area contributed by atoms with Crippen LogP contribution in [0.5, 0.6) is 5.75 Å². The number of Topliss-reactive ketones (excluding diaryl/α,β-unsaturated/α-hetero) is 1. The Morgan fingerprint density at radius 2 is 1.77 bits per heavy atom. The van der Waals surface area contributed by atoms with E-state index in [0.29, 0.717) is 35.6 Å². The number of nitrogens with zero attached hydrogens (tertiary/aromatic N) is 3. The Bertz CT molecular complexity index is 1520. The van der Waals surface area contributed by atoms with Crippen molar-refractivity contribution >= 4 is 11.4 Å². The number of ketones is 1. The fourth-order valence-electron chi connectivity index (χ4n) is 6.04. The van der Waals surface area contributed by atoms with E-state index in [-0.39, 0.29) is 36.6 Å². The minimum absolute atomic E-state index is 0.0952. The molecule has 0 radical (unpaired) electrons. The summed E-state index contributed by atoms with van der Waals surface area (Å²) in [5, 5.41) is 0. The van der Waals surface area contributed by atoms with Gasteiger partial charge in [-0.2, -0.15) is 0 Å². The zero-order chi connectivity index (χ0) is 27.4. The predicted molar refractivity (Wildman–Crippen MR) is 139 cm³/mol. The van der Waals surface area contributed by atoms with Gasteiger partial charge in [-0.05, 0) is 70.0 Å². The standard InChI is InChI=1S/C30H29F2N3O4/c1-18-27(35-13-7-10-23(28(35)34-18)37-17-19-20(31)8-6-9-21(19)32)22(36)14-30(26-11-4-5-12-33-26)15-24-25(16-30)39-29(2,3)38-24/h4-13,24-25H,14-17H2,1-3H3/t24-,25+,30?. The number of ether oxygens (including phenoxy) is 3. The molecular weight excluding hydrogens is 504 g/mol. The average molecular weight is 534 g/mol. The van der Waals surface area contributed by atoms with Gasteiger partial charge in [0.15, 0.2) is 23.0 Å². The summed E-state index contributed by atoms with van der Waals surface area (Å²) in [5.41, 5.74) is 1.48. The lowest BCUT2D eigenvalue weighted by molar-refractivity contribution is -0.155. The fourth-order valence-corrected chi connectivity index (χ4v) is 6.04. The van der Waals surface area contributed by atoms with Gasteiger partial charge in [-0.1, -0.05) is 12.1 Å². The molecule has 6 rings (SSSR count). The van der Waals surface area contributed by atoms with Gasteiger partial charge < -0.3 is 14.2 Å². The van der Waals surface area contributed by atoms with E-state index >= 15 is 0 Å². The second-order valence-corrected chi connectivity index (χ2v) is 10.8. The van der Waals surface area contributed by atoms with Crippen LogP contribution in [-0.4, -0.2) is 38.1 Å². The molecule has 1 aliphatic heterocycles. The van der Waals surface area contributed by atoms with Gasteiger partial charge in [-0.15, -0.1) is 0 Å². The Labute approximate surface area is 224 Å². The zero-order valence-electron chi connectivity index (χ0n) is 22.0. The number of rotatable bonds is 7. The van der Waals surface area contributed by atoms with Gasteiger partial charge in [0.05, 0.1) is 23.5 Å². The lowest BCUT2D eigenvalue weighted by Gasteiger charge is -2.30. The molecule has 1 saturated carbocycles. The first-order valence-electron chi connectivity index (χ1n) is 13.0. The Kier molecular flexibility index (Phi) is 6.23. The number of hydrogen-bond acceptors (Lipinski definition) is 6. The maximum absolute atomic E-state index is 14.1. The lowest BCUT2D eigenvalue weighted by Crippen LogP contribution is -2.32. The van der Waals surface area contributed by atoms with Gasteiger partial charge in [0.1, 0.15) is 23.9 Å². The van der Waals surface area contributed by atoms with Crippen LogP contribution in [-0.2, 0) is 21.5 Å². The maximum Gasteiger partial charge on any atom is 0.182 e. The molecule has 0 spiro atoms. The predicted octanol–water partition coefficient (Wildman–Crippen LogP) is 5.72. The molecule has 3 aromatic heterocycles. The number of carbonyl (C=O) groups is 1. The van der Waals surface area contributed by atoms with Gasteiger partial charge in [0.25, 0.3) is 0 Å². The molecule has 1 saturated heterocycles. The Morgan fingerprint density at radius 3 is 2.44 bits per heavy atom. The molecule has 1 aliphatic carbocycles. The van der Waals surface area contributed by atoms with Crippen LogP contribution in [0, 0.1) is 18.6 Å². The molecule has 0 N–H and O–H groups in total. The molecule has 202 valence electrons. The van der Waals surface area contributed by atoms with Crippen LogP contribution in [0.1, 0.15) is 60.5 Å². The number of halogens is 2. The van der Waals surface area contributed by atoms with Gasteiger partial charge in [-0.25, -0.2) is 13.8 Å². The molecule has 0 amide bonds. The number of pyridine rings is 2. The number of aromatic nitrogens is 3. The van der Waals surface area contributed by atoms with Crippen molar-refractivity contribution in [1.82, 2.24) is 14.4 Å². The van der Waals surface area contributed by atoms with E-state index in [0.717, 1.165) is 5.69 Å². The van der Waals surface area contributed by atoms with Gasteiger partial charge in [0, 0.05) is 29.9 Å². The molecule has 1 unspecified atom stereocenters. The molecule has 3 atom stereocenters. The third-order valence-corrected chi connectivity index (χ3v) is 7.66. The molecule has 4 aromatic rings. The van der Waals surface area contributed by atoms with Crippen LogP contribution in [0.2, 0.25) is 0 Å². The molecule has 9 heteroatoms. The minimum atomic E-state index is -0.685. The molecule has 2 aliphatic rings. The monoisotopic (exact) mass is 533 g/mol. The van der Waals surface area contributed by atoms with Crippen molar-refractivity contribution in [3.8, 4) is 5.75 Å². The summed E-state index contributed by atoms with van der Waals surface area (Å²) < 4.78 is 48.1. The van der Waals surface area contributed by atoms with Crippen molar-refractivity contribution in [3.05, 3.63) is 95.2 Å². The van der Waals surface area contributed by atoms with Crippen molar-refractivity contribution in [2.75, 3.05) is 0 Å². The van der Waals surface area contributed by atoms with Crippen molar-refractivity contribution in [1.29, 1.82) is 0 Å². The van der Waals surface area contributed by atoms with Crippen molar-refractivity contribution in [2.45, 2.75) is 70.1 Å². The summed E-state index contributed by atoms with van der Waals surface area (Å²) in [6.45, 7) is 5.27. The lowest BCUT2D eigenvalue weighted by atomic mass is 9.77. The summed E-state index contributed by atoms with van der Waals surface area (Å²) in [6, 6.07) is 12.8. The summed E-state index contributed by atoms with van der Waals surface area (Å²) in [4.78, 5) is 23.2. The highest BCUT2D eigenvalue weighted by molar-refractivity contribution is 5.97. The van der Waals surface area contributed by atoms with E-state index in [1.54, 1.807) is 35.9 Å². The highest BCUT2D eigenvalue weighted by Crippen LogP contribution is 2.50. The first kappa shape index (κ1) is 25.6. The molecular formula is C30H29F2N3O4. The third-order valence-electron chi connectivity index (χ3n) is 7.66. The van der Waals surface area contributed by atoms with Crippen LogP contribution in [0.15, 0.2) is 60.9 Å². The fraction of sp³-hybridized carbons (Fsp3) is 0.367. The van der Waals surface area contributed by atoms with E-state index in [1.807, 2.05) is 32.0 Å². The van der Waals surface area contributed by atoms with Gasteiger partial charge in [0.2, 0.25) is 0 Å². The highest BCUT2D eigenvalue weighted by Gasteiger charge is 2.55. The third kappa shape index (κ3) is 4.59. The molecule has 4 heterocycles. The highest BCUT2D eigenvalue weighted by atomic mass is 19.1. The first-order chi connectivity index (χ1) is 18.7. The summed E-state index contributed by atoms with van der Waals surface area (Å²) in [5.74, 6) is -1.80. The molecule has 0 bridgehead atoms. The number of fused-ring (bicyclic) bond motifs is 2. The quantitative estimate of drug-likeness (QED) is 0.283. The molecule has 1 aromatic carbocycles. The second-order valence-electron chi connectivity index (χ2n) is 10.8. The van der Waals surface area contributed by atoms with Crippen LogP contribution in [0.4, 0.5) is 8.78 Å². The van der Waals surface area contributed by atoms with Crippen LogP contribution >= 0.6 is 0 Å². The average Bonchev–Trinajstić information content (AvgIpc) is 3.49. The van der Waals surface area contributed by atoms with Crippen molar-refractivity contribution < 1.29 is 27.8 Å². The zero-order valence-corrected chi connectivity index (χ0v) is 22.0. The Hall–Kier alpha value is -3.69. The summed E-state index contributed by atoms with van der Waals surface area (Å²) >= 11 is 0. The number of hydrogen-bond donors (Lipinski definition) is 0. The smallest absolute Gasteiger partial charge is 0.182 e. The summed E-state index contributed by atoms with van der Waals surface area (Å²) in [6.07, 6.45) is 4.65. The van der Waals surface area contributed by atoms with E-state index < -0.39 is 22.8 Å². The second kappa shape index (κ2) is 9.50. The van der Waals surface area contributed by atoms with Crippen LogP contribution < -0.4 is 4.74 Å². The number of aryl methyl sites for hydroxylation is 1. The summed E-state index contributed by atoms with van der Waals surface area (Å²) in [7, 11) is 0. The Balaban J connectivity index is 1.31. The number of imidazole rings is 1. The van der Waals surface area contributed by atoms with Crippen molar-refractivity contribution in [3.63, 3.8) is 0 Å².